The van der Waals surface area contributed by atoms with E-state index in [1.165, 1.54) is 6.07 Å². The molecule has 4 aromatic rings. The summed E-state index contributed by atoms with van der Waals surface area (Å²) in [7, 11) is 0. The molecule has 0 atom stereocenters. The van der Waals surface area contributed by atoms with Crippen molar-refractivity contribution in [3.63, 3.8) is 0 Å². The smallest absolute Gasteiger partial charge is 0.214 e. The van der Waals surface area contributed by atoms with Gasteiger partial charge < -0.3 is 28.7 Å². The quantitative estimate of drug-likeness (QED) is 0.109. The molecule has 0 aromatic carbocycles. The number of nitrogens with zero attached hydrogens (tertiary/aromatic N) is 4. The van der Waals surface area contributed by atoms with Gasteiger partial charge in [-0.15, -0.1) is 0 Å². The number of aryl methyl sites for hydroxylation is 3. The molecule has 0 aliphatic carbocycles. The lowest BCUT2D eigenvalue weighted by molar-refractivity contribution is 0.585. The molecule has 4 heterocycles. The van der Waals surface area contributed by atoms with Crippen LogP contribution in [-0.2, 0) is 0 Å². The fraction of sp³-hybridized carbons (Fsp3) is 0.167. The third kappa shape index (κ3) is 13.2. The van der Waals surface area contributed by atoms with Gasteiger partial charge in [0.2, 0.25) is 5.95 Å². The molecule has 0 amide bonds. The average Bonchev–Trinajstić information content (AvgIpc) is 2.81. The summed E-state index contributed by atoms with van der Waals surface area (Å²) in [5.41, 5.74) is 30.3. The molecule has 0 fully saturated rings. The van der Waals surface area contributed by atoms with Gasteiger partial charge in [-0.3, -0.25) is 0 Å². The van der Waals surface area contributed by atoms with Crippen LogP contribution in [0.3, 0.4) is 0 Å². The van der Waals surface area contributed by atoms with Crippen LogP contribution in [0, 0.1) is 30.4 Å². The van der Waals surface area contributed by atoms with E-state index in [2.05, 4.69) is 58.5 Å². The van der Waals surface area contributed by atoms with Crippen molar-refractivity contribution < 1.29 is 4.39 Å². The first kappa shape index (κ1) is 34.0. The second-order valence-electron chi connectivity index (χ2n) is 7.12. The molecule has 37 heavy (non-hydrogen) atoms. The van der Waals surface area contributed by atoms with Crippen LogP contribution >= 0.6 is 50.1 Å². The number of aromatic nitrogens is 4. The summed E-state index contributed by atoms with van der Waals surface area (Å²) >= 11 is 10.8. The molecule has 13 heteroatoms. The Bertz CT molecular complexity index is 1100. The first-order valence-corrected chi connectivity index (χ1v) is 12.4. The van der Waals surface area contributed by atoms with E-state index in [1.807, 2.05) is 38.1 Å². The van der Waals surface area contributed by atoms with E-state index in [0.29, 0.717) is 28.3 Å². The van der Waals surface area contributed by atoms with Gasteiger partial charge in [-0.1, -0.05) is 37.2 Å². The van der Waals surface area contributed by atoms with Crippen LogP contribution in [0.1, 0.15) is 24.1 Å². The van der Waals surface area contributed by atoms with Crippen molar-refractivity contribution in [3.8, 4) is 0 Å². The topological polar surface area (TPSA) is 182 Å². The van der Waals surface area contributed by atoms with E-state index in [1.54, 1.807) is 25.1 Å². The summed E-state index contributed by atoms with van der Waals surface area (Å²) in [6.07, 6.45) is 0. The molecule has 0 saturated heterocycles. The van der Waals surface area contributed by atoms with Crippen LogP contribution in [0.25, 0.3) is 0 Å². The molecule has 0 saturated carbocycles. The minimum atomic E-state index is -0.530. The second-order valence-corrected chi connectivity index (χ2v) is 9.42. The zero-order valence-corrected chi connectivity index (χ0v) is 24.3. The van der Waals surface area contributed by atoms with Crippen molar-refractivity contribution in [1.82, 2.24) is 19.9 Å². The number of hydrogen-bond acceptors (Lipinski definition) is 9. The molecule has 0 unspecified atom stereocenters. The number of halogens is 4. The zero-order valence-electron chi connectivity index (χ0n) is 19.8. The third-order valence-electron chi connectivity index (χ3n) is 4.23. The first-order chi connectivity index (χ1) is 16.8. The summed E-state index contributed by atoms with van der Waals surface area (Å²) in [5, 5.41) is 0.443. The van der Waals surface area contributed by atoms with Crippen molar-refractivity contribution >= 4 is 79.1 Å². The molecule has 9 nitrogen and oxygen atoms in total. The van der Waals surface area contributed by atoms with Gasteiger partial charge in [0, 0.05) is 0 Å². The monoisotopic (exact) mass is 705 g/mol. The Morgan fingerprint density at radius 3 is 1.54 bits per heavy atom. The highest BCUT2D eigenvalue weighted by atomic mass is 127. The lowest BCUT2D eigenvalue weighted by atomic mass is 10.3. The van der Waals surface area contributed by atoms with Gasteiger partial charge in [-0.2, -0.15) is 4.39 Å². The highest BCUT2D eigenvalue weighted by Crippen LogP contribution is 2.13. The van der Waals surface area contributed by atoms with Crippen LogP contribution in [-0.4, -0.2) is 19.9 Å². The number of nitrogen functional groups attached to an aromatic ring is 5. The summed E-state index contributed by atoms with van der Waals surface area (Å²) in [6, 6.07) is 13.8. The Morgan fingerprint density at radius 1 is 0.676 bits per heavy atom. The third-order valence-corrected chi connectivity index (χ3v) is 5.48. The highest BCUT2D eigenvalue weighted by Gasteiger charge is 1.95. The average molecular weight is 707 g/mol. The number of anilines is 5. The van der Waals surface area contributed by atoms with Crippen LogP contribution in [0.4, 0.5) is 33.3 Å². The molecular weight excluding hydrogens is 676 g/mol. The fourth-order valence-corrected chi connectivity index (χ4v) is 2.94. The van der Waals surface area contributed by atoms with E-state index in [0.717, 1.165) is 25.0 Å². The molecule has 0 radical (unpaired) electrons. The van der Waals surface area contributed by atoms with E-state index in [-0.39, 0.29) is 13.2 Å². The van der Waals surface area contributed by atoms with E-state index >= 15 is 0 Å². The maximum Gasteiger partial charge on any atom is 0.214 e. The predicted octanol–water partition coefficient (Wildman–Crippen LogP) is 5.96. The van der Waals surface area contributed by atoms with Crippen molar-refractivity contribution in [2.75, 3.05) is 28.7 Å². The summed E-state index contributed by atoms with van der Waals surface area (Å²) in [4.78, 5) is 15.1. The second kappa shape index (κ2) is 16.7. The molecular formula is C24H31BrClFIN9. The molecule has 0 aliphatic rings. The minimum Gasteiger partial charge on any atom is -0.396 e. The maximum absolute atomic E-state index is 12.2. The van der Waals surface area contributed by atoms with Gasteiger partial charge in [0.15, 0.2) is 0 Å². The van der Waals surface area contributed by atoms with E-state index in [4.69, 9.17) is 40.3 Å². The molecule has 4 rings (SSSR count). The lowest BCUT2D eigenvalue weighted by Crippen LogP contribution is -1.97. The largest absolute Gasteiger partial charge is 0.396 e. The normalized spacial score (nSPS) is 9.27. The molecule has 10 N–H and O–H groups in total. The Labute approximate surface area is 243 Å². The van der Waals surface area contributed by atoms with Gasteiger partial charge in [0.1, 0.15) is 36.7 Å². The van der Waals surface area contributed by atoms with Gasteiger partial charge in [-0.25, -0.2) is 19.9 Å². The van der Waals surface area contributed by atoms with Crippen molar-refractivity contribution in [2.24, 2.45) is 0 Å². The fourth-order valence-electron chi connectivity index (χ4n) is 2.02. The molecule has 0 aliphatic heterocycles. The standard InChI is InChI=1S/C6H7BrN2.C6H7ClN2.C6H7FN2.C5H6IN3.CH4/c3*1-4-2-3-5(7)9-6(4)8;6-4-2-1-3(7)5(8)9-4;/h3*2-3H,1H3,(H2,8,9);1-2H,7H2,(H2,8,9);1H4. The number of nitrogens with two attached hydrogens (primary N) is 5. The first-order valence-electron chi connectivity index (χ1n) is 10.1. The van der Waals surface area contributed by atoms with Crippen LogP contribution < -0.4 is 28.7 Å². The summed E-state index contributed by atoms with van der Waals surface area (Å²) < 4.78 is 13.8. The molecule has 0 spiro atoms. The van der Waals surface area contributed by atoms with Gasteiger partial charge in [-0.05, 0) is 106 Å². The number of hydrogen-bond donors (Lipinski definition) is 5. The Kier molecular flexibility index (Phi) is 15.4. The van der Waals surface area contributed by atoms with Gasteiger partial charge in [0.25, 0.3) is 0 Å². The Balaban J connectivity index is 0.000000463. The number of pyridine rings is 4. The van der Waals surface area contributed by atoms with Crippen molar-refractivity contribution in [2.45, 2.75) is 28.2 Å². The molecule has 4 aromatic heterocycles. The zero-order chi connectivity index (χ0) is 27.4. The van der Waals surface area contributed by atoms with Crippen LogP contribution in [0.15, 0.2) is 53.1 Å². The van der Waals surface area contributed by atoms with Crippen LogP contribution in [0.2, 0.25) is 5.15 Å². The van der Waals surface area contributed by atoms with Crippen molar-refractivity contribution in [1.29, 1.82) is 0 Å². The summed E-state index contributed by atoms with van der Waals surface area (Å²) in [6.45, 7) is 5.59. The minimum absolute atomic E-state index is 0. The lowest BCUT2D eigenvalue weighted by Gasteiger charge is -1.96. The van der Waals surface area contributed by atoms with Gasteiger partial charge in [0.05, 0.1) is 5.69 Å². The maximum atomic E-state index is 12.2. The van der Waals surface area contributed by atoms with Crippen molar-refractivity contribution in [3.05, 3.63) is 84.6 Å². The SMILES string of the molecule is C.Cc1ccc(Br)nc1N.Cc1ccc(Cl)nc1N.Cc1ccc(F)nc1N.Nc1ccc(I)nc1N. The predicted molar refractivity (Wildman–Crippen MR) is 165 cm³/mol. The van der Waals surface area contributed by atoms with Gasteiger partial charge >= 0.3 is 0 Å². The molecule has 200 valence electrons. The Hall–Kier alpha value is -2.97. The Morgan fingerprint density at radius 2 is 1.16 bits per heavy atom. The summed E-state index contributed by atoms with van der Waals surface area (Å²) in [5.74, 6) is 1.22. The van der Waals surface area contributed by atoms with Crippen LogP contribution in [0.5, 0.6) is 0 Å². The molecule has 0 bridgehead atoms. The highest BCUT2D eigenvalue weighted by molar-refractivity contribution is 14.1. The van der Waals surface area contributed by atoms with E-state index < -0.39 is 5.95 Å². The number of rotatable bonds is 0. The van der Waals surface area contributed by atoms with E-state index in [9.17, 15) is 4.39 Å².